The molecule has 0 radical (unpaired) electrons. The van der Waals surface area contributed by atoms with Crippen molar-refractivity contribution in [3.63, 3.8) is 0 Å². The molecule has 32 heavy (non-hydrogen) atoms. The fourth-order valence-electron chi connectivity index (χ4n) is 3.35. The third kappa shape index (κ3) is 6.40. The summed E-state index contributed by atoms with van der Waals surface area (Å²) in [5.41, 5.74) is 2.97. The van der Waals surface area contributed by atoms with Crippen molar-refractivity contribution in [2.75, 3.05) is 23.3 Å². The predicted molar refractivity (Wildman–Crippen MR) is 137 cm³/mol. The predicted octanol–water partition coefficient (Wildman–Crippen LogP) is 8.38. The smallest absolute Gasteiger partial charge is 0.231 e. The normalized spacial score (nSPS) is 11.4. The summed E-state index contributed by atoms with van der Waals surface area (Å²) in [6.45, 7) is 7.70. The zero-order valence-corrected chi connectivity index (χ0v) is 20.8. The number of carbonyl (C=O) groups is 1. The highest BCUT2D eigenvalue weighted by Gasteiger charge is 2.11. The number of nitrogens with one attached hydrogen (secondary N) is 1. The second-order valence-corrected chi connectivity index (χ2v) is 9.28. The monoisotopic (exact) mass is 491 g/mol. The summed E-state index contributed by atoms with van der Waals surface area (Å²) in [4.78, 5) is 18.5. The summed E-state index contributed by atoms with van der Waals surface area (Å²) in [6, 6.07) is 9.33. The molecule has 3 aromatic rings. The Labute approximate surface area is 202 Å². The van der Waals surface area contributed by atoms with Crippen molar-refractivity contribution in [2.45, 2.75) is 46.5 Å². The van der Waals surface area contributed by atoms with Gasteiger partial charge in [-0.25, -0.2) is 4.98 Å². The van der Waals surface area contributed by atoms with Crippen LogP contribution in [0.3, 0.4) is 0 Å². The van der Waals surface area contributed by atoms with E-state index in [1.54, 1.807) is 12.1 Å². The summed E-state index contributed by atoms with van der Waals surface area (Å²) in [5, 5.41) is 12.9. The molecule has 0 aliphatic rings. The van der Waals surface area contributed by atoms with E-state index in [2.05, 4.69) is 39.3 Å². The second-order valence-electron chi connectivity index (χ2n) is 7.45. The van der Waals surface area contributed by atoms with Crippen molar-refractivity contribution in [3.05, 3.63) is 40.4 Å². The number of unbranched alkanes of at least 4 members (excludes halogenated alkanes) is 3. The fourth-order valence-corrected chi connectivity index (χ4v) is 4.54. The van der Waals surface area contributed by atoms with E-state index in [0.29, 0.717) is 26.6 Å². The topological polar surface area (TPSA) is 70.0 Å². The van der Waals surface area contributed by atoms with Crippen molar-refractivity contribution >= 4 is 72.9 Å². The Hall–Kier alpha value is -2.22. The van der Waals surface area contributed by atoms with E-state index >= 15 is 0 Å². The molecule has 1 heterocycles. The molecule has 0 spiro atoms. The lowest BCUT2D eigenvalue weighted by atomic mass is 10.1. The van der Waals surface area contributed by atoms with E-state index < -0.39 is 0 Å². The fraction of sp³-hybridized carbons (Fsp3) is 0.391. The first kappa shape index (κ1) is 24.4. The maximum absolute atomic E-state index is 11.8. The molecule has 0 saturated carbocycles. The minimum absolute atomic E-state index is 0.158. The summed E-state index contributed by atoms with van der Waals surface area (Å²) in [5.74, 6) is -0.158. The molecule has 3 rings (SSSR count). The third-order valence-electron chi connectivity index (χ3n) is 4.98. The van der Waals surface area contributed by atoms with Gasteiger partial charge in [-0.2, -0.15) is 0 Å². The maximum atomic E-state index is 11.8. The van der Waals surface area contributed by atoms with Crippen molar-refractivity contribution in [1.29, 1.82) is 0 Å². The Morgan fingerprint density at radius 3 is 2.59 bits per heavy atom. The number of nitrogens with zero attached hydrogens (tertiary/aromatic N) is 4. The van der Waals surface area contributed by atoms with E-state index in [9.17, 15) is 4.79 Å². The quantitative estimate of drug-likeness (QED) is 0.228. The minimum atomic E-state index is -0.158. The number of azo groups is 1. The van der Waals surface area contributed by atoms with Gasteiger partial charge < -0.3 is 10.2 Å². The van der Waals surface area contributed by atoms with Gasteiger partial charge in [0.25, 0.3) is 0 Å². The first-order valence-electron chi connectivity index (χ1n) is 10.7. The van der Waals surface area contributed by atoms with Gasteiger partial charge in [-0.05, 0) is 43.7 Å². The minimum Gasteiger partial charge on any atom is -0.372 e. The van der Waals surface area contributed by atoms with E-state index in [0.717, 1.165) is 35.4 Å². The van der Waals surface area contributed by atoms with E-state index in [1.807, 2.05) is 18.2 Å². The van der Waals surface area contributed by atoms with Crippen molar-refractivity contribution < 1.29 is 4.79 Å². The lowest BCUT2D eigenvalue weighted by Crippen LogP contribution is -2.24. The Balaban J connectivity index is 1.84. The van der Waals surface area contributed by atoms with Gasteiger partial charge in [0.2, 0.25) is 11.0 Å². The average molecular weight is 492 g/mol. The Kier molecular flexibility index (Phi) is 8.84. The van der Waals surface area contributed by atoms with Crippen LogP contribution in [0.2, 0.25) is 10.0 Å². The van der Waals surface area contributed by atoms with Crippen LogP contribution in [-0.2, 0) is 4.79 Å². The molecule has 0 aliphatic heterocycles. The summed E-state index contributed by atoms with van der Waals surface area (Å²) >= 11 is 13.5. The highest BCUT2D eigenvalue weighted by atomic mass is 35.5. The number of halogens is 2. The van der Waals surface area contributed by atoms with Crippen LogP contribution in [-0.4, -0.2) is 24.0 Å². The summed E-state index contributed by atoms with van der Waals surface area (Å²) in [7, 11) is 0. The number of carbonyl (C=O) groups excluding carboxylic acids is 1. The van der Waals surface area contributed by atoms with Crippen LogP contribution in [0, 0.1) is 0 Å². The molecular formula is C23H27Cl2N5OS. The standard InChI is InChI=1S/C23H27Cl2N5OS/c1-4-6-7-8-11-30(5-2)16-9-10-19(20(12-16)26-15(3)31)28-29-23-27-21-13-17(24)18(25)14-22(21)32-23/h9-10,12-14H,4-8,11H2,1-3H3,(H,26,31). The number of anilines is 2. The second kappa shape index (κ2) is 11.6. The molecule has 0 bridgehead atoms. The number of hydrogen-bond donors (Lipinski definition) is 1. The number of fused-ring (bicyclic) bond motifs is 1. The third-order valence-corrected chi connectivity index (χ3v) is 6.61. The Morgan fingerprint density at radius 2 is 1.88 bits per heavy atom. The van der Waals surface area contributed by atoms with Gasteiger partial charge in [0.1, 0.15) is 5.69 Å². The van der Waals surface area contributed by atoms with Gasteiger partial charge >= 0.3 is 0 Å². The molecule has 0 aliphatic carbocycles. The number of rotatable bonds is 10. The van der Waals surface area contributed by atoms with Crippen LogP contribution >= 0.6 is 34.5 Å². The molecule has 2 aromatic carbocycles. The van der Waals surface area contributed by atoms with Crippen molar-refractivity contribution in [1.82, 2.24) is 4.98 Å². The van der Waals surface area contributed by atoms with Gasteiger partial charge in [0, 0.05) is 25.7 Å². The van der Waals surface area contributed by atoms with Crippen molar-refractivity contribution in [3.8, 4) is 0 Å². The summed E-state index contributed by atoms with van der Waals surface area (Å²) in [6.07, 6.45) is 4.83. The zero-order chi connectivity index (χ0) is 23.1. The van der Waals surface area contributed by atoms with Gasteiger partial charge in [0.05, 0.1) is 25.9 Å². The number of aromatic nitrogens is 1. The van der Waals surface area contributed by atoms with E-state index in [1.165, 1.54) is 37.5 Å². The lowest BCUT2D eigenvalue weighted by Gasteiger charge is -2.24. The Morgan fingerprint density at radius 1 is 1.09 bits per heavy atom. The molecule has 1 N–H and O–H groups in total. The van der Waals surface area contributed by atoms with Gasteiger partial charge in [-0.3, -0.25) is 4.79 Å². The van der Waals surface area contributed by atoms with Crippen LogP contribution in [0.15, 0.2) is 40.6 Å². The molecule has 1 aromatic heterocycles. The summed E-state index contributed by atoms with van der Waals surface area (Å²) < 4.78 is 0.882. The number of hydrogen-bond acceptors (Lipinski definition) is 6. The average Bonchev–Trinajstić information content (AvgIpc) is 3.14. The highest BCUT2D eigenvalue weighted by molar-refractivity contribution is 7.22. The maximum Gasteiger partial charge on any atom is 0.231 e. The van der Waals surface area contributed by atoms with Crippen molar-refractivity contribution in [2.24, 2.45) is 10.2 Å². The zero-order valence-electron chi connectivity index (χ0n) is 18.5. The van der Waals surface area contributed by atoms with E-state index in [-0.39, 0.29) is 5.91 Å². The Bertz CT molecular complexity index is 1080. The number of thiazole rings is 1. The van der Waals surface area contributed by atoms with Crippen LogP contribution in [0.1, 0.15) is 46.5 Å². The molecular weight excluding hydrogens is 465 g/mol. The molecule has 1 amide bonds. The van der Waals surface area contributed by atoms with Crippen LogP contribution in [0.25, 0.3) is 10.2 Å². The molecule has 9 heteroatoms. The first-order valence-corrected chi connectivity index (χ1v) is 12.3. The van der Waals surface area contributed by atoms with Gasteiger partial charge in [0.15, 0.2) is 0 Å². The van der Waals surface area contributed by atoms with Gasteiger partial charge in [-0.15, -0.1) is 10.2 Å². The number of benzene rings is 2. The molecule has 170 valence electrons. The molecule has 0 unspecified atom stereocenters. The number of amides is 1. The largest absolute Gasteiger partial charge is 0.372 e. The highest BCUT2D eigenvalue weighted by Crippen LogP contribution is 2.36. The van der Waals surface area contributed by atoms with Crippen LogP contribution in [0.4, 0.5) is 22.2 Å². The van der Waals surface area contributed by atoms with Crippen LogP contribution < -0.4 is 10.2 Å². The van der Waals surface area contributed by atoms with E-state index in [4.69, 9.17) is 23.2 Å². The molecule has 0 atom stereocenters. The molecule has 0 saturated heterocycles. The first-order chi connectivity index (χ1) is 15.4. The molecule has 6 nitrogen and oxygen atoms in total. The van der Waals surface area contributed by atoms with Gasteiger partial charge in [-0.1, -0.05) is 60.7 Å². The lowest BCUT2D eigenvalue weighted by molar-refractivity contribution is -0.114. The molecule has 0 fully saturated rings. The van der Waals surface area contributed by atoms with Crippen LogP contribution in [0.5, 0.6) is 0 Å². The SMILES string of the molecule is CCCCCCN(CC)c1ccc(N=Nc2nc3cc(Cl)c(Cl)cc3s2)c(NC(C)=O)c1.